The van der Waals surface area contributed by atoms with Crippen LogP contribution in [-0.4, -0.2) is 28.6 Å². The molecule has 1 atom stereocenters. The van der Waals surface area contributed by atoms with Crippen molar-refractivity contribution in [3.05, 3.63) is 65.9 Å². The molecule has 0 aliphatic rings. The van der Waals surface area contributed by atoms with Crippen LogP contribution in [0.5, 0.6) is 0 Å². The minimum absolute atomic E-state index is 0.395. The van der Waals surface area contributed by atoms with Gasteiger partial charge in [0, 0.05) is 28.2 Å². The van der Waals surface area contributed by atoms with Crippen LogP contribution in [0.2, 0.25) is 0 Å². The first-order valence-corrected chi connectivity index (χ1v) is 7.53. The summed E-state index contributed by atoms with van der Waals surface area (Å²) in [7, 11) is 0. The van der Waals surface area contributed by atoms with Gasteiger partial charge in [-0.3, -0.25) is 4.79 Å². The Morgan fingerprint density at radius 3 is 2.67 bits per heavy atom. The second kappa shape index (κ2) is 7.01. The molecule has 2 aromatic carbocycles. The van der Waals surface area contributed by atoms with Crippen LogP contribution in [0.3, 0.4) is 0 Å². The van der Waals surface area contributed by atoms with Crippen molar-refractivity contribution < 1.29 is 9.90 Å². The second-order valence-electron chi connectivity index (χ2n) is 5.36. The van der Waals surface area contributed by atoms with Crippen molar-refractivity contribution in [2.75, 3.05) is 11.9 Å². The van der Waals surface area contributed by atoms with E-state index in [1.165, 1.54) is 0 Å². The van der Waals surface area contributed by atoms with Crippen molar-refractivity contribution in [1.29, 1.82) is 0 Å². The lowest BCUT2D eigenvalue weighted by atomic mass is 10.1. The molecule has 0 unspecified atom stereocenters. The zero-order chi connectivity index (χ0) is 16.9. The highest BCUT2D eigenvalue weighted by Crippen LogP contribution is 2.24. The lowest BCUT2D eigenvalue weighted by molar-refractivity contribution is -0.118. The highest BCUT2D eigenvalue weighted by atomic mass is 16.3. The van der Waals surface area contributed by atoms with Crippen molar-refractivity contribution in [3.8, 4) is 11.8 Å². The van der Waals surface area contributed by atoms with Crippen molar-refractivity contribution in [2.45, 2.75) is 6.04 Å². The molecule has 1 heterocycles. The van der Waals surface area contributed by atoms with Gasteiger partial charge in [-0.2, -0.15) is 0 Å². The summed E-state index contributed by atoms with van der Waals surface area (Å²) in [4.78, 5) is 14.9. The van der Waals surface area contributed by atoms with Crippen LogP contribution in [0.25, 0.3) is 10.9 Å². The van der Waals surface area contributed by atoms with Gasteiger partial charge in [0.15, 0.2) is 0 Å². The second-order valence-corrected chi connectivity index (χ2v) is 5.36. The molecule has 0 radical (unpaired) electrons. The summed E-state index contributed by atoms with van der Waals surface area (Å²) in [6.07, 6.45) is 1.70. The third-order valence-electron chi connectivity index (χ3n) is 3.60. The number of nitrogens with one attached hydrogen (secondary N) is 2. The molecular weight excluding hydrogens is 302 g/mol. The fraction of sp³-hybridized carbons (Fsp3) is 0.105. The Balaban J connectivity index is 1.84. The monoisotopic (exact) mass is 319 g/mol. The fourth-order valence-corrected chi connectivity index (χ4v) is 2.28. The minimum atomic E-state index is -0.939. The summed E-state index contributed by atoms with van der Waals surface area (Å²) in [5.74, 6) is 5.80. The molecule has 0 saturated carbocycles. The third kappa shape index (κ3) is 3.46. The topological polar surface area (TPSA) is 91.1 Å². The van der Waals surface area contributed by atoms with E-state index in [1.54, 1.807) is 6.20 Å². The van der Waals surface area contributed by atoms with E-state index in [2.05, 4.69) is 22.1 Å². The van der Waals surface area contributed by atoms with Gasteiger partial charge < -0.3 is 21.1 Å². The summed E-state index contributed by atoms with van der Waals surface area (Å²) in [5.41, 5.74) is 8.82. The van der Waals surface area contributed by atoms with Gasteiger partial charge in [-0.15, -0.1) is 0 Å². The van der Waals surface area contributed by atoms with E-state index in [4.69, 9.17) is 10.8 Å². The highest BCUT2D eigenvalue weighted by Gasteiger charge is 2.14. The van der Waals surface area contributed by atoms with Crippen LogP contribution in [0.4, 0.5) is 5.69 Å². The number of nitrogens with two attached hydrogens (primary N) is 1. The fourth-order valence-electron chi connectivity index (χ4n) is 2.28. The first-order chi connectivity index (χ1) is 11.7. The Bertz CT molecular complexity index is 920. The summed E-state index contributed by atoms with van der Waals surface area (Å²) in [6.45, 7) is -0.395. The minimum Gasteiger partial charge on any atom is -0.394 e. The summed E-state index contributed by atoms with van der Waals surface area (Å²) >= 11 is 0. The number of carbonyl (C=O) groups excluding carboxylic acids is 1. The van der Waals surface area contributed by atoms with E-state index in [0.717, 1.165) is 22.0 Å². The molecular formula is C19H17N3O2. The van der Waals surface area contributed by atoms with Gasteiger partial charge in [0.2, 0.25) is 5.91 Å². The molecule has 0 aliphatic heterocycles. The molecule has 120 valence electrons. The molecule has 0 aliphatic carbocycles. The smallest absolute Gasteiger partial charge is 0.243 e. The first kappa shape index (κ1) is 15.8. The number of H-pyrrole nitrogens is 1. The molecule has 1 aromatic heterocycles. The van der Waals surface area contributed by atoms with E-state index in [-0.39, 0.29) is 0 Å². The quantitative estimate of drug-likeness (QED) is 0.555. The standard InChI is InChI=1S/C19H17N3O2/c20-16(12-23)19(24)22-18-11-21-17-10-14(8-9-15(17)18)7-6-13-4-2-1-3-5-13/h1-5,8-11,16,21,23H,12,20H2,(H,22,24)/t16-/m1/s1. The lowest BCUT2D eigenvalue weighted by Crippen LogP contribution is -2.38. The number of rotatable bonds is 3. The Hall–Kier alpha value is -3.07. The number of aliphatic hydroxyl groups excluding tert-OH is 1. The molecule has 5 heteroatoms. The number of amides is 1. The molecule has 3 aromatic rings. The van der Waals surface area contributed by atoms with Crippen molar-refractivity contribution in [3.63, 3.8) is 0 Å². The zero-order valence-corrected chi connectivity index (χ0v) is 12.9. The number of aromatic amines is 1. The van der Waals surface area contributed by atoms with E-state index >= 15 is 0 Å². The Morgan fingerprint density at radius 1 is 1.17 bits per heavy atom. The number of hydrogen-bond donors (Lipinski definition) is 4. The Labute approximate surface area is 139 Å². The summed E-state index contributed by atoms with van der Waals surface area (Å²) in [6, 6.07) is 14.5. The zero-order valence-electron chi connectivity index (χ0n) is 12.9. The first-order valence-electron chi connectivity index (χ1n) is 7.53. The van der Waals surface area contributed by atoms with E-state index < -0.39 is 18.6 Å². The molecule has 3 rings (SSSR count). The van der Waals surface area contributed by atoms with Gasteiger partial charge in [0.25, 0.3) is 0 Å². The average molecular weight is 319 g/mol. The molecule has 0 spiro atoms. The maximum Gasteiger partial charge on any atom is 0.243 e. The van der Waals surface area contributed by atoms with Gasteiger partial charge in [0.05, 0.1) is 12.3 Å². The van der Waals surface area contributed by atoms with Crippen molar-refractivity contribution in [2.24, 2.45) is 5.73 Å². The van der Waals surface area contributed by atoms with Crippen LogP contribution in [-0.2, 0) is 4.79 Å². The normalized spacial score (nSPS) is 11.6. The number of aromatic nitrogens is 1. The van der Waals surface area contributed by atoms with Crippen molar-refractivity contribution >= 4 is 22.5 Å². The van der Waals surface area contributed by atoms with Gasteiger partial charge in [0.1, 0.15) is 6.04 Å². The number of aliphatic hydroxyl groups is 1. The number of hydrogen-bond acceptors (Lipinski definition) is 3. The van der Waals surface area contributed by atoms with E-state index in [9.17, 15) is 4.79 Å². The number of fused-ring (bicyclic) bond motifs is 1. The van der Waals surface area contributed by atoms with Gasteiger partial charge in [-0.1, -0.05) is 30.0 Å². The SMILES string of the molecule is N[C@H](CO)C(=O)Nc1c[nH]c2cc(C#Cc3ccccc3)ccc12. The maximum absolute atomic E-state index is 11.8. The Kier molecular flexibility index (Phi) is 4.62. The largest absolute Gasteiger partial charge is 0.394 e. The maximum atomic E-state index is 11.8. The predicted molar refractivity (Wildman–Crippen MR) is 94.4 cm³/mol. The van der Waals surface area contributed by atoms with Gasteiger partial charge in [-0.05, 0) is 30.3 Å². The van der Waals surface area contributed by atoms with Crippen LogP contribution in [0, 0.1) is 11.8 Å². The summed E-state index contributed by atoms with van der Waals surface area (Å²) in [5, 5.41) is 12.5. The van der Waals surface area contributed by atoms with Crippen LogP contribution in [0.1, 0.15) is 11.1 Å². The third-order valence-corrected chi connectivity index (χ3v) is 3.60. The molecule has 5 N–H and O–H groups in total. The van der Waals surface area contributed by atoms with Gasteiger partial charge >= 0.3 is 0 Å². The van der Waals surface area contributed by atoms with Crippen LogP contribution >= 0.6 is 0 Å². The number of anilines is 1. The Morgan fingerprint density at radius 2 is 1.92 bits per heavy atom. The van der Waals surface area contributed by atoms with E-state index in [0.29, 0.717) is 5.69 Å². The van der Waals surface area contributed by atoms with Crippen LogP contribution in [0.15, 0.2) is 54.7 Å². The molecule has 5 nitrogen and oxygen atoms in total. The van der Waals surface area contributed by atoms with Crippen LogP contribution < -0.4 is 11.1 Å². The van der Waals surface area contributed by atoms with E-state index in [1.807, 2.05) is 48.5 Å². The number of benzene rings is 2. The average Bonchev–Trinajstić information content (AvgIpc) is 3.02. The molecule has 0 fully saturated rings. The highest BCUT2D eigenvalue weighted by molar-refractivity contribution is 6.03. The number of carbonyl (C=O) groups is 1. The van der Waals surface area contributed by atoms with Gasteiger partial charge in [-0.25, -0.2) is 0 Å². The molecule has 0 saturated heterocycles. The lowest BCUT2D eigenvalue weighted by Gasteiger charge is -2.08. The molecule has 1 amide bonds. The molecule has 0 bridgehead atoms. The summed E-state index contributed by atoms with van der Waals surface area (Å²) < 4.78 is 0. The predicted octanol–water partition coefficient (Wildman–Crippen LogP) is 1.83. The van der Waals surface area contributed by atoms with Crippen molar-refractivity contribution in [1.82, 2.24) is 4.98 Å². The molecule has 24 heavy (non-hydrogen) atoms.